The zero-order valence-corrected chi connectivity index (χ0v) is 9.16. The second-order valence-corrected chi connectivity index (χ2v) is 4.97. The summed E-state index contributed by atoms with van der Waals surface area (Å²) in [5, 5.41) is 0. The number of hydrogen-bond donors (Lipinski definition) is 1. The van der Waals surface area contributed by atoms with Gasteiger partial charge in [0.2, 0.25) is 0 Å². The van der Waals surface area contributed by atoms with Crippen LogP contribution in [0.1, 0.15) is 25.7 Å². The summed E-state index contributed by atoms with van der Waals surface area (Å²) in [6.07, 6.45) is -1.85. The monoisotopic (exact) mass is 254 g/mol. The Balaban J connectivity index is 2.23. The van der Waals surface area contributed by atoms with Crippen LogP contribution in [0.2, 0.25) is 0 Å². The van der Waals surface area contributed by atoms with Crippen LogP contribution in [0.4, 0.5) is 13.2 Å². The van der Waals surface area contributed by atoms with E-state index < -0.39 is 23.5 Å². The Morgan fingerprint density at radius 3 is 2.50 bits per heavy atom. The minimum atomic E-state index is -4.55. The summed E-state index contributed by atoms with van der Waals surface area (Å²) >= 11 is -2.89. The number of nitrogens with one attached hydrogen (secondary N) is 1. The van der Waals surface area contributed by atoms with Crippen LogP contribution >= 0.6 is 0 Å². The molecule has 2 aliphatic carbocycles. The normalized spacial score (nSPS) is 28.6. The highest BCUT2D eigenvalue weighted by atomic mass is 32.2. The van der Waals surface area contributed by atoms with Crippen molar-refractivity contribution in [2.24, 2.45) is 5.92 Å². The van der Waals surface area contributed by atoms with Gasteiger partial charge in [0.15, 0.2) is 0 Å². The fourth-order valence-electron chi connectivity index (χ4n) is 2.61. The van der Waals surface area contributed by atoms with Gasteiger partial charge in [-0.15, -0.1) is 0 Å². The molecule has 3 nitrogen and oxygen atoms in total. The van der Waals surface area contributed by atoms with Gasteiger partial charge >= 0.3 is 6.18 Å². The number of fused-ring (bicyclic) bond motifs is 2. The predicted octanol–water partition coefficient (Wildman–Crippen LogP) is 1.80. The largest absolute Gasteiger partial charge is 0.760 e. The van der Waals surface area contributed by atoms with E-state index in [4.69, 9.17) is 0 Å². The summed E-state index contributed by atoms with van der Waals surface area (Å²) in [6, 6.07) is -2.02. The smallest absolute Gasteiger partial charge is 0.408 e. The van der Waals surface area contributed by atoms with Crippen molar-refractivity contribution in [1.82, 2.24) is 4.72 Å². The SMILES string of the molecule is O=S([O-])NC(C1=C2CCC(C2)C1)C(F)(F)F. The lowest BCUT2D eigenvalue weighted by molar-refractivity contribution is -0.143. The highest BCUT2D eigenvalue weighted by Crippen LogP contribution is 2.47. The van der Waals surface area contributed by atoms with Crippen LogP contribution in [0.3, 0.4) is 0 Å². The number of allylic oxidation sites excluding steroid dienone is 1. The fourth-order valence-corrected chi connectivity index (χ4v) is 3.07. The first kappa shape index (κ1) is 12.1. The van der Waals surface area contributed by atoms with E-state index in [2.05, 4.69) is 0 Å². The zero-order valence-electron chi connectivity index (χ0n) is 8.34. The summed E-state index contributed by atoms with van der Waals surface area (Å²) in [5.74, 6) is 0.289. The van der Waals surface area contributed by atoms with E-state index in [1.54, 1.807) is 4.72 Å². The van der Waals surface area contributed by atoms with Gasteiger partial charge in [-0.3, -0.25) is 4.21 Å². The lowest BCUT2D eigenvalue weighted by Crippen LogP contribution is -2.44. The molecule has 0 aromatic carbocycles. The van der Waals surface area contributed by atoms with Crippen LogP contribution in [-0.4, -0.2) is 21.0 Å². The van der Waals surface area contributed by atoms with E-state index in [0.29, 0.717) is 19.3 Å². The second-order valence-electron chi connectivity index (χ2n) is 4.27. The van der Waals surface area contributed by atoms with Crippen molar-refractivity contribution in [3.8, 4) is 0 Å². The lowest BCUT2D eigenvalue weighted by Gasteiger charge is -2.26. The highest BCUT2D eigenvalue weighted by molar-refractivity contribution is 7.77. The third-order valence-corrected chi connectivity index (χ3v) is 3.67. The molecule has 16 heavy (non-hydrogen) atoms. The van der Waals surface area contributed by atoms with Gasteiger partial charge in [-0.25, -0.2) is 4.72 Å². The van der Waals surface area contributed by atoms with Gasteiger partial charge in [-0.2, -0.15) is 13.2 Å². The van der Waals surface area contributed by atoms with E-state index in [1.165, 1.54) is 0 Å². The van der Waals surface area contributed by atoms with Crippen molar-refractivity contribution in [3.63, 3.8) is 0 Å². The van der Waals surface area contributed by atoms with Crippen LogP contribution in [0.5, 0.6) is 0 Å². The Morgan fingerprint density at radius 1 is 1.44 bits per heavy atom. The molecule has 1 fully saturated rings. The van der Waals surface area contributed by atoms with Crippen molar-refractivity contribution < 1.29 is 21.9 Å². The maximum atomic E-state index is 12.7. The molecule has 0 amide bonds. The molecular formula is C9H11F3NO2S-. The summed E-state index contributed by atoms with van der Waals surface area (Å²) < 4.78 is 60.4. The highest BCUT2D eigenvalue weighted by Gasteiger charge is 2.46. The Bertz CT molecular complexity index is 353. The quantitative estimate of drug-likeness (QED) is 0.616. The molecular weight excluding hydrogens is 243 g/mol. The Labute approximate surface area is 93.5 Å². The van der Waals surface area contributed by atoms with Crippen LogP contribution < -0.4 is 4.72 Å². The van der Waals surface area contributed by atoms with Gasteiger partial charge in [-0.05, 0) is 37.2 Å². The van der Waals surface area contributed by atoms with Crippen molar-refractivity contribution in [2.75, 3.05) is 0 Å². The molecule has 3 atom stereocenters. The third-order valence-electron chi connectivity index (χ3n) is 3.24. The number of hydrogen-bond acceptors (Lipinski definition) is 2. The number of rotatable bonds is 3. The van der Waals surface area contributed by atoms with Crippen molar-refractivity contribution in [1.29, 1.82) is 0 Å². The maximum Gasteiger partial charge on any atom is 0.408 e. The van der Waals surface area contributed by atoms with Gasteiger partial charge in [-0.1, -0.05) is 5.57 Å². The van der Waals surface area contributed by atoms with E-state index in [0.717, 1.165) is 12.0 Å². The Hall–Kier alpha value is -0.400. The fraction of sp³-hybridized carbons (Fsp3) is 0.778. The molecule has 0 heterocycles. The number of alkyl halides is 3. The standard InChI is InChI=1S/C9H12F3NO2S/c10-9(11,12)8(13-16(14)15)7-4-5-1-2-6(7)3-5/h5,8,13H,1-4H2,(H,14,15)/p-1. The van der Waals surface area contributed by atoms with E-state index in [-0.39, 0.29) is 11.5 Å². The summed E-state index contributed by atoms with van der Waals surface area (Å²) in [5.41, 5.74) is 1.04. The molecule has 2 rings (SSSR count). The third kappa shape index (κ3) is 2.31. The average Bonchev–Trinajstić information content (AvgIpc) is 2.72. The van der Waals surface area contributed by atoms with E-state index in [1.807, 2.05) is 0 Å². The minimum Gasteiger partial charge on any atom is -0.760 e. The first-order valence-electron chi connectivity index (χ1n) is 5.01. The topological polar surface area (TPSA) is 52.2 Å². The van der Waals surface area contributed by atoms with Crippen molar-refractivity contribution in [2.45, 2.75) is 37.9 Å². The van der Waals surface area contributed by atoms with Crippen molar-refractivity contribution >= 4 is 11.3 Å². The zero-order chi connectivity index (χ0) is 11.9. The summed E-state index contributed by atoms with van der Waals surface area (Å²) in [4.78, 5) is 0. The molecule has 3 unspecified atom stereocenters. The lowest BCUT2D eigenvalue weighted by atomic mass is 9.94. The molecule has 92 valence electrons. The van der Waals surface area contributed by atoms with Gasteiger partial charge in [0, 0.05) is 11.3 Å². The summed E-state index contributed by atoms with van der Waals surface area (Å²) in [7, 11) is 0. The Morgan fingerprint density at radius 2 is 2.12 bits per heavy atom. The van der Waals surface area contributed by atoms with E-state index >= 15 is 0 Å². The molecule has 0 saturated heterocycles. The van der Waals surface area contributed by atoms with Crippen LogP contribution in [0, 0.1) is 5.92 Å². The number of halogens is 3. The summed E-state index contributed by atoms with van der Waals surface area (Å²) in [6.45, 7) is 0. The van der Waals surface area contributed by atoms with Gasteiger partial charge in [0.25, 0.3) is 0 Å². The molecule has 1 N–H and O–H groups in total. The minimum absolute atomic E-state index is 0.243. The van der Waals surface area contributed by atoms with Gasteiger partial charge < -0.3 is 4.55 Å². The Kier molecular flexibility index (Phi) is 3.11. The molecule has 0 aliphatic heterocycles. The van der Waals surface area contributed by atoms with Crippen LogP contribution in [0.25, 0.3) is 0 Å². The maximum absolute atomic E-state index is 12.7. The molecule has 0 spiro atoms. The first-order chi connectivity index (χ1) is 7.38. The molecule has 0 radical (unpaired) electrons. The van der Waals surface area contributed by atoms with E-state index in [9.17, 15) is 21.9 Å². The molecule has 7 heteroatoms. The predicted molar refractivity (Wildman–Crippen MR) is 50.9 cm³/mol. The van der Waals surface area contributed by atoms with Crippen molar-refractivity contribution in [3.05, 3.63) is 11.1 Å². The van der Waals surface area contributed by atoms with Gasteiger partial charge in [0.05, 0.1) is 0 Å². The molecule has 1 saturated carbocycles. The van der Waals surface area contributed by atoms with Crippen LogP contribution in [-0.2, 0) is 11.3 Å². The second kappa shape index (κ2) is 4.12. The molecule has 2 aliphatic rings. The molecule has 2 bridgehead atoms. The first-order valence-corrected chi connectivity index (χ1v) is 6.08. The average molecular weight is 254 g/mol. The van der Waals surface area contributed by atoms with Crippen LogP contribution in [0.15, 0.2) is 11.1 Å². The molecule has 0 aromatic rings. The molecule has 0 aromatic heterocycles. The van der Waals surface area contributed by atoms with Gasteiger partial charge in [0.1, 0.15) is 6.04 Å².